The predicted octanol–water partition coefficient (Wildman–Crippen LogP) is 0.946. The molecule has 0 amide bonds. The summed E-state index contributed by atoms with van der Waals surface area (Å²) in [4.78, 5) is 11.0. The molecule has 0 radical (unpaired) electrons. The van der Waals surface area contributed by atoms with Gasteiger partial charge in [-0.3, -0.25) is 0 Å². The maximum atomic E-state index is 11.0. The maximum Gasteiger partial charge on any atom is 0.351 e. The van der Waals surface area contributed by atoms with E-state index in [0.717, 1.165) is 5.56 Å². The van der Waals surface area contributed by atoms with Crippen LogP contribution in [-0.4, -0.2) is 14.7 Å². The number of carbonyl (C=O) groups is 1. The van der Waals surface area contributed by atoms with Gasteiger partial charge < -0.3 is 8.74 Å². The minimum absolute atomic E-state index is 0.226. The molecule has 0 aliphatic heterocycles. The highest BCUT2D eigenvalue weighted by molar-refractivity contribution is 7.74. The molecule has 13 heavy (non-hydrogen) atoms. The Morgan fingerprint density at radius 1 is 1.54 bits per heavy atom. The van der Waals surface area contributed by atoms with Crippen LogP contribution in [0.15, 0.2) is 24.3 Å². The molecular weight excluding hydrogens is 192 g/mol. The zero-order valence-corrected chi connectivity index (χ0v) is 7.67. The number of carbonyl (C=O) groups excluding carboxylic acids is 1. The molecule has 0 saturated heterocycles. The number of hydrogen-bond donors (Lipinski definition) is 0. The normalized spacial score (nSPS) is 12.2. The van der Waals surface area contributed by atoms with Gasteiger partial charge in [0.2, 0.25) is 0 Å². The van der Waals surface area contributed by atoms with E-state index in [1.165, 1.54) is 6.07 Å². The van der Waals surface area contributed by atoms with E-state index in [1.54, 1.807) is 25.1 Å². The van der Waals surface area contributed by atoms with Crippen molar-refractivity contribution in [3.63, 3.8) is 0 Å². The highest BCUT2D eigenvalue weighted by Crippen LogP contribution is 2.05. The van der Waals surface area contributed by atoms with Gasteiger partial charge in [-0.05, 0) is 19.1 Å². The molecule has 0 aliphatic rings. The van der Waals surface area contributed by atoms with Gasteiger partial charge in [-0.15, -0.1) is 0 Å². The third kappa shape index (κ3) is 2.96. The third-order valence-electron chi connectivity index (χ3n) is 1.40. The monoisotopic (exact) mass is 199 g/mol. The fourth-order valence-electron chi connectivity index (χ4n) is 0.882. The second kappa shape index (κ2) is 4.15. The quantitative estimate of drug-likeness (QED) is 0.665. The van der Waals surface area contributed by atoms with Crippen molar-refractivity contribution in [3.8, 4) is 0 Å². The zero-order valence-electron chi connectivity index (χ0n) is 6.85. The topological polar surface area (TPSA) is 66.4 Å². The van der Waals surface area contributed by atoms with E-state index in [0.29, 0.717) is 0 Å². The van der Waals surface area contributed by atoms with E-state index in [2.05, 4.69) is 4.18 Å². The lowest BCUT2D eigenvalue weighted by atomic mass is 10.1. The SMILES string of the molecule is Cc1cccc(C(=O)OS(=O)[O-])c1. The maximum absolute atomic E-state index is 11.0. The van der Waals surface area contributed by atoms with Gasteiger partial charge in [0.1, 0.15) is 11.4 Å². The first-order valence-corrected chi connectivity index (χ1v) is 4.48. The van der Waals surface area contributed by atoms with Crippen molar-refractivity contribution < 1.29 is 17.7 Å². The van der Waals surface area contributed by atoms with Crippen LogP contribution in [0.3, 0.4) is 0 Å². The fraction of sp³-hybridized carbons (Fsp3) is 0.125. The molecule has 0 spiro atoms. The molecule has 0 heterocycles. The average molecular weight is 199 g/mol. The van der Waals surface area contributed by atoms with Crippen molar-refractivity contribution in [2.75, 3.05) is 0 Å². The first kappa shape index (κ1) is 9.88. The lowest BCUT2D eigenvalue weighted by Gasteiger charge is -2.05. The summed E-state index contributed by atoms with van der Waals surface area (Å²) < 4.78 is 24.0. The molecule has 0 N–H and O–H groups in total. The van der Waals surface area contributed by atoms with Crippen LogP contribution in [0.1, 0.15) is 15.9 Å². The Kier molecular flexibility index (Phi) is 3.16. The molecule has 0 bridgehead atoms. The molecule has 0 fully saturated rings. The summed E-state index contributed by atoms with van der Waals surface area (Å²) in [5.41, 5.74) is 1.09. The lowest BCUT2D eigenvalue weighted by molar-refractivity contribution is 0.0741. The molecule has 1 aromatic rings. The molecule has 1 rings (SSSR count). The molecular formula is C8H7O4S-. The van der Waals surface area contributed by atoms with Crippen LogP contribution in [0.25, 0.3) is 0 Å². The van der Waals surface area contributed by atoms with E-state index < -0.39 is 17.3 Å². The van der Waals surface area contributed by atoms with E-state index >= 15 is 0 Å². The Hall–Kier alpha value is -1.20. The smallest absolute Gasteiger partial charge is 0.351 e. The van der Waals surface area contributed by atoms with Crippen molar-refractivity contribution in [1.82, 2.24) is 0 Å². The van der Waals surface area contributed by atoms with Crippen LogP contribution in [0.2, 0.25) is 0 Å². The van der Waals surface area contributed by atoms with Gasteiger partial charge in [-0.1, -0.05) is 17.7 Å². The lowest BCUT2D eigenvalue weighted by Crippen LogP contribution is -2.07. The molecule has 0 aliphatic carbocycles. The molecule has 1 unspecified atom stereocenters. The van der Waals surface area contributed by atoms with E-state index in [4.69, 9.17) is 0 Å². The van der Waals surface area contributed by atoms with Gasteiger partial charge in [0.25, 0.3) is 0 Å². The minimum atomic E-state index is -2.80. The highest BCUT2D eigenvalue weighted by Gasteiger charge is 2.06. The fourth-order valence-corrected chi connectivity index (χ4v) is 1.10. The summed E-state index contributed by atoms with van der Waals surface area (Å²) in [5.74, 6) is -0.864. The summed E-state index contributed by atoms with van der Waals surface area (Å²) in [6.07, 6.45) is 0. The van der Waals surface area contributed by atoms with E-state index in [9.17, 15) is 13.6 Å². The summed E-state index contributed by atoms with van der Waals surface area (Å²) in [5, 5.41) is 0. The second-order valence-corrected chi connectivity index (χ2v) is 3.02. The van der Waals surface area contributed by atoms with Crippen LogP contribution >= 0.6 is 0 Å². The molecule has 1 atom stereocenters. The predicted molar refractivity (Wildman–Crippen MR) is 45.5 cm³/mol. The summed E-state index contributed by atoms with van der Waals surface area (Å²) in [7, 11) is 0. The summed E-state index contributed by atoms with van der Waals surface area (Å²) >= 11 is -2.80. The Labute approximate surface area is 78.0 Å². The Morgan fingerprint density at radius 2 is 2.23 bits per heavy atom. The van der Waals surface area contributed by atoms with Gasteiger partial charge in [-0.25, -0.2) is 9.00 Å². The van der Waals surface area contributed by atoms with Crippen molar-refractivity contribution >= 4 is 17.3 Å². The van der Waals surface area contributed by atoms with Crippen LogP contribution in [0.5, 0.6) is 0 Å². The van der Waals surface area contributed by atoms with Gasteiger partial charge in [0.15, 0.2) is 0 Å². The first-order valence-electron chi connectivity index (χ1n) is 3.48. The number of hydrogen-bond acceptors (Lipinski definition) is 4. The van der Waals surface area contributed by atoms with Crippen LogP contribution in [0, 0.1) is 6.92 Å². The van der Waals surface area contributed by atoms with Gasteiger partial charge in [0.05, 0.1) is 5.56 Å². The van der Waals surface area contributed by atoms with Crippen molar-refractivity contribution in [2.24, 2.45) is 0 Å². The highest BCUT2D eigenvalue weighted by atomic mass is 32.2. The molecule has 4 nitrogen and oxygen atoms in total. The summed E-state index contributed by atoms with van der Waals surface area (Å²) in [6, 6.07) is 6.49. The van der Waals surface area contributed by atoms with Crippen molar-refractivity contribution in [1.29, 1.82) is 0 Å². The number of rotatable bonds is 2. The third-order valence-corrected chi connectivity index (χ3v) is 1.68. The molecule has 70 valence electrons. The Balaban J connectivity index is 2.83. The van der Waals surface area contributed by atoms with Crippen LogP contribution < -0.4 is 0 Å². The van der Waals surface area contributed by atoms with Crippen LogP contribution in [-0.2, 0) is 15.5 Å². The van der Waals surface area contributed by atoms with E-state index in [-0.39, 0.29) is 5.56 Å². The second-order valence-electron chi connectivity index (χ2n) is 2.44. The van der Waals surface area contributed by atoms with Gasteiger partial charge in [0, 0.05) is 0 Å². The Morgan fingerprint density at radius 3 is 2.77 bits per heavy atom. The van der Waals surface area contributed by atoms with Crippen molar-refractivity contribution in [2.45, 2.75) is 6.92 Å². The first-order chi connectivity index (χ1) is 6.09. The van der Waals surface area contributed by atoms with Crippen LogP contribution in [0.4, 0.5) is 0 Å². The van der Waals surface area contributed by atoms with Gasteiger partial charge in [-0.2, -0.15) is 0 Å². The molecule has 0 aromatic heterocycles. The van der Waals surface area contributed by atoms with E-state index in [1.807, 2.05) is 0 Å². The number of benzene rings is 1. The Bertz CT molecular complexity index is 348. The van der Waals surface area contributed by atoms with Gasteiger partial charge >= 0.3 is 5.97 Å². The number of aryl methyl sites for hydroxylation is 1. The van der Waals surface area contributed by atoms with Crippen molar-refractivity contribution in [3.05, 3.63) is 35.4 Å². The largest absolute Gasteiger partial charge is 0.740 e. The minimum Gasteiger partial charge on any atom is -0.740 e. The molecule has 1 aromatic carbocycles. The zero-order chi connectivity index (χ0) is 9.84. The average Bonchev–Trinajstić information content (AvgIpc) is 2.03. The molecule has 0 saturated carbocycles. The standard InChI is InChI=1S/C8H8O4S/c1-6-3-2-4-7(5-6)8(9)12-13(10)11/h2-5H,1H3,(H,10,11)/p-1. The summed E-state index contributed by atoms with van der Waals surface area (Å²) in [6.45, 7) is 1.80. The molecule has 5 heteroatoms.